The Morgan fingerprint density at radius 2 is 2.00 bits per heavy atom. The SMILES string of the molecule is CC(C)C1=C2C(=O)[C@@](C)(C(O)CCCOC3CCCCO3)CC[C@@]2(C)CC1. The van der Waals surface area contributed by atoms with E-state index in [1.54, 1.807) is 0 Å². The molecule has 4 atom stereocenters. The number of aliphatic hydroxyl groups excluding tert-OH is 1. The predicted octanol–water partition coefficient (Wildman–Crippen LogP) is 4.79. The van der Waals surface area contributed by atoms with E-state index in [2.05, 4.69) is 20.8 Å². The molecule has 4 heteroatoms. The molecule has 1 heterocycles. The molecule has 154 valence electrons. The quantitative estimate of drug-likeness (QED) is 0.647. The molecule has 0 amide bonds. The number of hydrogen-bond acceptors (Lipinski definition) is 4. The van der Waals surface area contributed by atoms with Gasteiger partial charge in [-0.25, -0.2) is 0 Å². The Bertz CT molecular complexity index is 575. The minimum absolute atomic E-state index is 0.0251. The van der Waals surface area contributed by atoms with E-state index in [0.29, 0.717) is 18.9 Å². The van der Waals surface area contributed by atoms with Crippen molar-refractivity contribution in [3.8, 4) is 0 Å². The van der Waals surface area contributed by atoms with Gasteiger partial charge in [-0.1, -0.05) is 26.3 Å². The summed E-state index contributed by atoms with van der Waals surface area (Å²) in [4.78, 5) is 13.5. The molecular weight excluding hydrogens is 340 g/mol. The normalized spacial score (nSPS) is 35.6. The monoisotopic (exact) mass is 378 g/mol. The van der Waals surface area contributed by atoms with Gasteiger partial charge in [0.05, 0.1) is 11.5 Å². The molecule has 0 aromatic carbocycles. The molecule has 0 bridgehead atoms. The van der Waals surface area contributed by atoms with Crippen molar-refractivity contribution in [2.45, 2.75) is 97.9 Å². The van der Waals surface area contributed by atoms with Crippen molar-refractivity contribution in [3.05, 3.63) is 11.1 Å². The third kappa shape index (κ3) is 4.18. The van der Waals surface area contributed by atoms with E-state index in [4.69, 9.17) is 9.47 Å². The Morgan fingerprint density at radius 3 is 2.67 bits per heavy atom. The first-order chi connectivity index (χ1) is 12.8. The number of rotatable bonds is 7. The molecule has 0 aromatic rings. The van der Waals surface area contributed by atoms with Crippen LogP contribution >= 0.6 is 0 Å². The Morgan fingerprint density at radius 1 is 1.22 bits per heavy atom. The number of aliphatic hydroxyl groups is 1. The van der Waals surface area contributed by atoms with E-state index < -0.39 is 11.5 Å². The Labute approximate surface area is 164 Å². The Kier molecular flexibility index (Phi) is 6.49. The number of hydrogen-bond donors (Lipinski definition) is 1. The van der Waals surface area contributed by atoms with E-state index in [1.165, 1.54) is 5.57 Å². The van der Waals surface area contributed by atoms with Gasteiger partial charge in [-0.15, -0.1) is 0 Å². The third-order valence-electron chi connectivity index (χ3n) is 7.31. The summed E-state index contributed by atoms with van der Waals surface area (Å²) >= 11 is 0. The molecule has 0 spiro atoms. The van der Waals surface area contributed by atoms with Crippen LogP contribution < -0.4 is 0 Å². The number of ketones is 1. The first-order valence-corrected chi connectivity index (χ1v) is 11.0. The highest BCUT2D eigenvalue weighted by atomic mass is 16.7. The summed E-state index contributed by atoms with van der Waals surface area (Å²) in [5, 5.41) is 10.9. The molecule has 2 unspecified atom stereocenters. The molecule has 3 rings (SSSR count). The number of ether oxygens (including phenoxy) is 2. The van der Waals surface area contributed by atoms with Gasteiger partial charge in [0.15, 0.2) is 12.1 Å². The number of carbonyl (C=O) groups excluding carboxylic acids is 1. The van der Waals surface area contributed by atoms with Crippen molar-refractivity contribution in [1.82, 2.24) is 0 Å². The van der Waals surface area contributed by atoms with Crippen molar-refractivity contribution in [1.29, 1.82) is 0 Å². The second-order valence-electron chi connectivity index (χ2n) is 9.69. The Balaban J connectivity index is 1.59. The van der Waals surface area contributed by atoms with Crippen LogP contribution in [0.1, 0.15) is 85.5 Å². The van der Waals surface area contributed by atoms with E-state index in [-0.39, 0.29) is 17.5 Å². The number of Topliss-reactive ketones (excluding diaryl/α,β-unsaturated/α-hetero) is 1. The molecule has 1 N–H and O–H groups in total. The summed E-state index contributed by atoms with van der Waals surface area (Å²) in [7, 11) is 0. The summed E-state index contributed by atoms with van der Waals surface area (Å²) in [6, 6.07) is 0. The molecule has 1 saturated heterocycles. The van der Waals surface area contributed by atoms with Gasteiger partial charge in [-0.2, -0.15) is 0 Å². The van der Waals surface area contributed by atoms with Gasteiger partial charge < -0.3 is 14.6 Å². The summed E-state index contributed by atoms with van der Waals surface area (Å²) in [5.74, 6) is 0.621. The summed E-state index contributed by atoms with van der Waals surface area (Å²) in [6.45, 7) is 9.98. The summed E-state index contributed by atoms with van der Waals surface area (Å²) in [6.07, 6.45) is 7.83. The molecule has 27 heavy (non-hydrogen) atoms. The van der Waals surface area contributed by atoms with Crippen LogP contribution in [0.5, 0.6) is 0 Å². The van der Waals surface area contributed by atoms with Crippen LogP contribution in [-0.4, -0.2) is 36.5 Å². The van der Waals surface area contributed by atoms with Crippen LogP contribution in [0.15, 0.2) is 11.1 Å². The zero-order chi connectivity index (χ0) is 19.7. The van der Waals surface area contributed by atoms with Gasteiger partial charge in [-0.3, -0.25) is 4.79 Å². The van der Waals surface area contributed by atoms with Crippen LogP contribution in [0.2, 0.25) is 0 Å². The number of allylic oxidation sites excluding steroid dienone is 2. The molecule has 4 nitrogen and oxygen atoms in total. The molecule has 1 saturated carbocycles. The first-order valence-electron chi connectivity index (χ1n) is 11.0. The van der Waals surface area contributed by atoms with Crippen LogP contribution in [0, 0.1) is 16.7 Å². The fraction of sp³-hybridized carbons (Fsp3) is 0.870. The maximum Gasteiger partial charge on any atom is 0.167 e. The van der Waals surface area contributed by atoms with Gasteiger partial charge in [0, 0.05) is 18.8 Å². The van der Waals surface area contributed by atoms with Crippen LogP contribution in [0.4, 0.5) is 0 Å². The summed E-state index contributed by atoms with van der Waals surface area (Å²) < 4.78 is 11.4. The van der Waals surface area contributed by atoms with E-state index >= 15 is 0 Å². The van der Waals surface area contributed by atoms with Gasteiger partial charge >= 0.3 is 0 Å². The minimum Gasteiger partial charge on any atom is -0.392 e. The largest absolute Gasteiger partial charge is 0.392 e. The molecule has 2 aliphatic carbocycles. The van der Waals surface area contributed by atoms with Crippen molar-refractivity contribution >= 4 is 5.78 Å². The lowest BCUT2D eigenvalue weighted by molar-refractivity contribution is -0.164. The molecule has 3 aliphatic rings. The van der Waals surface area contributed by atoms with Gasteiger partial charge in [0.2, 0.25) is 0 Å². The average Bonchev–Trinajstić information content (AvgIpc) is 3.01. The predicted molar refractivity (Wildman–Crippen MR) is 106 cm³/mol. The van der Waals surface area contributed by atoms with E-state index in [1.807, 2.05) is 6.92 Å². The van der Waals surface area contributed by atoms with Crippen molar-refractivity contribution in [2.75, 3.05) is 13.2 Å². The standard InChI is InChI=1S/C23H38O4/c1-16(2)17-10-11-22(3)12-13-23(4,21(25)20(17)22)18(24)8-7-15-27-19-9-5-6-14-26-19/h16,18-19,24H,5-15H2,1-4H3/t18?,19?,22-,23-/m1/s1. The van der Waals surface area contributed by atoms with Gasteiger partial charge in [0.25, 0.3) is 0 Å². The molecule has 1 aliphatic heterocycles. The first kappa shape index (κ1) is 21.0. The van der Waals surface area contributed by atoms with Crippen molar-refractivity contribution < 1.29 is 19.4 Å². The van der Waals surface area contributed by atoms with Crippen molar-refractivity contribution in [3.63, 3.8) is 0 Å². The maximum atomic E-state index is 13.5. The maximum absolute atomic E-state index is 13.5. The van der Waals surface area contributed by atoms with E-state index in [0.717, 1.165) is 63.5 Å². The zero-order valence-electron chi connectivity index (χ0n) is 17.7. The molecule has 0 aromatic heterocycles. The van der Waals surface area contributed by atoms with Crippen LogP contribution in [0.25, 0.3) is 0 Å². The highest BCUT2D eigenvalue weighted by Crippen LogP contribution is 2.56. The highest BCUT2D eigenvalue weighted by Gasteiger charge is 2.53. The fourth-order valence-corrected chi connectivity index (χ4v) is 5.20. The molecule has 2 fully saturated rings. The van der Waals surface area contributed by atoms with Crippen LogP contribution in [0.3, 0.4) is 0 Å². The third-order valence-corrected chi connectivity index (χ3v) is 7.31. The second-order valence-corrected chi connectivity index (χ2v) is 9.69. The lowest BCUT2D eigenvalue weighted by atomic mass is 9.59. The van der Waals surface area contributed by atoms with E-state index in [9.17, 15) is 9.90 Å². The van der Waals surface area contributed by atoms with Gasteiger partial charge in [0.1, 0.15) is 0 Å². The number of carbonyl (C=O) groups is 1. The average molecular weight is 379 g/mol. The molecule has 0 radical (unpaired) electrons. The topological polar surface area (TPSA) is 55.8 Å². The van der Waals surface area contributed by atoms with Gasteiger partial charge in [-0.05, 0) is 76.0 Å². The fourth-order valence-electron chi connectivity index (χ4n) is 5.20. The van der Waals surface area contributed by atoms with Crippen molar-refractivity contribution in [2.24, 2.45) is 16.7 Å². The highest BCUT2D eigenvalue weighted by molar-refractivity contribution is 6.03. The lowest BCUT2D eigenvalue weighted by Gasteiger charge is -2.44. The van der Waals surface area contributed by atoms with Crippen LogP contribution in [-0.2, 0) is 14.3 Å². The second kappa shape index (κ2) is 8.34. The smallest absolute Gasteiger partial charge is 0.167 e. The number of fused-ring (bicyclic) bond motifs is 1. The minimum atomic E-state index is -0.652. The lowest BCUT2D eigenvalue weighted by Crippen LogP contribution is -2.47. The zero-order valence-corrected chi connectivity index (χ0v) is 17.7. The molecular formula is C23H38O4. The summed E-state index contributed by atoms with van der Waals surface area (Å²) in [5.41, 5.74) is 1.76. The Hall–Kier alpha value is -0.710.